The Morgan fingerprint density at radius 2 is 1.24 bits per heavy atom. The van der Waals surface area contributed by atoms with Crippen LogP contribution in [-0.4, -0.2) is 34.7 Å². The van der Waals surface area contributed by atoms with Crippen LogP contribution in [0.2, 0.25) is 0 Å². The summed E-state index contributed by atoms with van der Waals surface area (Å²) in [5.74, 6) is -10.7. The summed E-state index contributed by atoms with van der Waals surface area (Å²) in [7, 11) is 0. The molecule has 0 saturated heterocycles. The molecule has 0 bridgehead atoms. The van der Waals surface area contributed by atoms with Gasteiger partial charge in [0, 0.05) is 11.1 Å². The standard InChI is InChI=1S/C13H3F9O3/c14-5-1-3-4(2-6(5)15)9(24)7(8(3)23)10(25)11(16,12(17,18)19)13(20,21)22/h1-2,23H. The van der Waals surface area contributed by atoms with E-state index in [0.29, 0.717) is 0 Å². The van der Waals surface area contributed by atoms with Crippen molar-refractivity contribution < 1.29 is 54.2 Å². The molecule has 0 saturated carbocycles. The summed E-state index contributed by atoms with van der Waals surface area (Å²) in [5, 5.41) is 9.54. The Morgan fingerprint density at radius 1 is 0.840 bits per heavy atom. The lowest BCUT2D eigenvalue weighted by Gasteiger charge is -2.28. The van der Waals surface area contributed by atoms with Crippen LogP contribution < -0.4 is 0 Å². The van der Waals surface area contributed by atoms with Crippen molar-refractivity contribution in [1.82, 2.24) is 0 Å². The third-order valence-electron chi connectivity index (χ3n) is 3.35. The van der Waals surface area contributed by atoms with E-state index in [-0.39, 0.29) is 12.1 Å². The first-order valence-corrected chi connectivity index (χ1v) is 5.99. The first-order chi connectivity index (χ1) is 11.1. The average Bonchev–Trinajstić information content (AvgIpc) is 2.67. The number of benzene rings is 1. The van der Waals surface area contributed by atoms with Crippen LogP contribution in [0.3, 0.4) is 0 Å². The maximum absolute atomic E-state index is 13.7. The number of aliphatic hydroxyl groups excluding tert-OH is 1. The Kier molecular flexibility index (Phi) is 3.93. The van der Waals surface area contributed by atoms with E-state index in [0.717, 1.165) is 0 Å². The summed E-state index contributed by atoms with van der Waals surface area (Å²) in [6.45, 7) is 0. The van der Waals surface area contributed by atoms with Gasteiger partial charge in [-0.3, -0.25) is 9.59 Å². The highest BCUT2D eigenvalue weighted by molar-refractivity contribution is 6.36. The summed E-state index contributed by atoms with van der Waals surface area (Å²) >= 11 is 0. The van der Waals surface area contributed by atoms with Gasteiger partial charge in [0.25, 0.3) is 0 Å². The van der Waals surface area contributed by atoms with E-state index in [2.05, 4.69) is 0 Å². The average molecular weight is 378 g/mol. The van der Waals surface area contributed by atoms with Gasteiger partial charge in [-0.15, -0.1) is 0 Å². The maximum Gasteiger partial charge on any atom is 0.439 e. The fraction of sp³-hybridized carbons (Fsp3) is 0.231. The van der Waals surface area contributed by atoms with Gasteiger partial charge in [-0.05, 0) is 12.1 Å². The van der Waals surface area contributed by atoms with Crippen molar-refractivity contribution >= 4 is 17.3 Å². The highest BCUT2D eigenvalue weighted by Crippen LogP contribution is 2.49. The Hall–Kier alpha value is -2.53. The van der Waals surface area contributed by atoms with Gasteiger partial charge < -0.3 is 5.11 Å². The summed E-state index contributed by atoms with van der Waals surface area (Å²) in [5.41, 5.74) is -10.8. The number of hydrogen-bond acceptors (Lipinski definition) is 3. The Labute approximate surface area is 131 Å². The van der Waals surface area contributed by atoms with E-state index in [1.807, 2.05) is 0 Å². The molecule has 136 valence electrons. The number of allylic oxidation sites excluding steroid dienone is 1. The second kappa shape index (κ2) is 5.23. The Bertz CT molecular complexity index is 803. The predicted octanol–water partition coefficient (Wildman–Crippen LogP) is 3.83. The van der Waals surface area contributed by atoms with Gasteiger partial charge in [0.15, 0.2) is 11.6 Å². The highest BCUT2D eigenvalue weighted by Gasteiger charge is 2.78. The smallest absolute Gasteiger partial charge is 0.439 e. The fourth-order valence-corrected chi connectivity index (χ4v) is 2.11. The molecule has 1 aliphatic rings. The van der Waals surface area contributed by atoms with Crippen LogP contribution in [0.1, 0.15) is 15.9 Å². The summed E-state index contributed by atoms with van der Waals surface area (Å²) in [6.07, 6.45) is -13.6. The van der Waals surface area contributed by atoms with Crippen molar-refractivity contribution in [2.75, 3.05) is 0 Å². The van der Waals surface area contributed by atoms with Gasteiger partial charge >= 0.3 is 18.0 Å². The highest BCUT2D eigenvalue weighted by atomic mass is 19.4. The normalized spacial score (nSPS) is 15.6. The number of carbonyl (C=O) groups is 2. The van der Waals surface area contributed by atoms with Crippen LogP contribution in [0.15, 0.2) is 17.7 Å². The molecule has 0 aliphatic heterocycles. The van der Waals surface area contributed by atoms with Gasteiger partial charge in [-0.25, -0.2) is 13.2 Å². The minimum absolute atomic E-state index is 0.0462. The van der Waals surface area contributed by atoms with Crippen molar-refractivity contribution in [3.63, 3.8) is 0 Å². The zero-order valence-electron chi connectivity index (χ0n) is 11.3. The van der Waals surface area contributed by atoms with Gasteiger partial charge in [0.2, 0.25) is 11.6 Å². The number of carbonyl (C=O) groups excluding carboxylic acids is 2. The van der Waals surface area contributed by atoms with E-state index in [1.165, 1.54) is 0 Å². The molecule has 0 heterocycles. The zero-order valence-corrected chi connectivity index (χ0v) is 11.3. The number of halogens is 9. The number of aliphatic hydroxyl groups is 1. The largest absolute Gasteiger partial charge is 0.506 e. The molecule has 0 atom stereocenters. The second-order valence-corrected chi connectivity index (χ2v) is 4.85. The molecule has 1 aromatic carbocycles. The van der Waals surface area contributed by atoms with E-state index in [1.54, 1.807) is 0 Å². The lowest BCUT2D eigenvalue weighted by atomic mass is 9.91. The predicted molar refractivity (Wildman–Crippen MR) is 61.2 cm³/mol. The molecule has 1 aromatic rings. The number of Topliss-reactive ketones (excluding diaryl/α,β-unsaturated/α-hetero) is 2. The van der Waals surface area contributed by atoms with E-state index < -0.39 is 63.7 Å². The molecule has 1 N–H and O–H groups in total. The molecule has 0 fully saturated rings. The Morgan fingerprint density at radius 3 is 1.64 bits per heavy atom. The van der Waals surface area contributed by atoms with Crippen molar-refractivity contribution in [2.24, 2.45) is 0 Å². The van der Waals surface area contributed by atoms with E-state index >= 15 is 0 Å². The van der Waals surface area contributed by atoms with Gasteiger partial charge in [0.05, 0.1) is 0 Å². The molecular formula is C13H3F9O3. The molecule has 1 aliphatic carbocycles. The van der Waals surface area contributed by atoms with Crippen LogP contribution in [-0.2, 0) is 4.79 Å². The molecule has 2 rings (SSSR count). The molecule has 0 radical (unpaired) electrons. The molecule has 0 spiro atoms. The summed E-state index contributed by atoms with van der Waals surface area (Å²) < 4.78 is 115. The van der Waals surface area contributed by atoms with Crippen LogP contribution in [0.25, 0.3) is 5.76 Å². The summed E-state index contributed by atoms with van der Waals surface area (Å²) in [4.78, 5) is 23.4. The van der Waals surface area contributed by atoms with Crippen molar-refractivity contribution in [3.8, 4) is 0 Å². The van der Waals surface area contributed by atoms with Gasteiger partial charge in [-0.1, -0.05) is 0 Å². The molecule has 25 heavy (non-hydrogen) atoms. The Balaban J connectivity index is 2.70. The maximum atomic E-state index is 13.7. The number of hydrogen-bond donors (Lipinski definition) is 1. The van der Waals surface area contributed by atoms with Gasteiger partial charge in [0.1, 0.15) is 11.3 Å². The summed E-state index contributed by atoms with van der Waals surface area (Å²) in [6, 6.07) is 0.115. The third-order valence-corrected chi connectivity index (χ3v) is 3.35. The van der Waals surface area contributed by atoms with Crippen LogP contribution in [0.5, 0.6) is 0 Å². The zero-order chi connectivity index (χ0) is 19.5. The molecule has 0 unspecified atom stereocenters. The first-order valence-electron chi connectivity index (χ1n) is 5.99. The fourth-order valence-electron chi connectivity index (χ4n) is 2.11. The van der Waals surface area contributed by atoms with E-state index in [4.69, 9.17) is 0 Å². The second-order valence-electron chi connectivity index (χ2n) is 4.85. The number of fused-ring (bicyclic) bond motifs is 1. The lowest BCUT2D eigenvalue weighted by molar-refractivity contribution is -0.323. The van der Waals surface area contributed by atoms with Crippen LogP contribution in [0, 0.1) is 11.6 Å². The topological polar surface area (TPSA) is 54.4 Å². The first kappa shape index (κ1) is 18.8. The molecule has 3 nitrogen and oxygen atoms in total. The number of ketones is 2. The molecular weight excluding hydrogens is 375 g/mol. The lowest BCUT2D eigenvalue weighted by Crippen LogP contribution is -2.59. The van der Waals surface area contributed by atoms with Crippen LogP contribution >= 0.6 is 0 Å². The minimum atomic E-state index is -6.82. The molecule has 12 heteroatoms. The number of alkyl halides is 7. The minimum Gasteiger partial charge on any atom is -0.506 e. The van der Waals surface area contributed by atoms with Crippen molar-refractivity contribution in [1.29, 1.82) is 0 Å². The van der Waals surface area contributed by atoms with Crippen molar-refractivity contribution in [2.45, 2.75) is 18.0 Å². The van der Waals surface area contributed by atoms with Gasteiger partial charge in [-0.2, -0.15) is 26.3 Å². The molecule has 0 amide bonds. The third kappa shape index (κ3) is 2.46. The quantitative estimate of drug-likeness (QED) is 0.629. The van der Waals surface area contributed by atoms with Crippen molar-refractivity contribution in [3.05, 3.63) is 40.5 Å². The number of rotatable bonds is 2. The molecule has 0 aromatic heterocycles. The van der Waals surface area contributed by atoms with E-state index in [9.17, 15) is 54.2 Å². The monoisotopic (exact) mass is 378 g/mol. The SMILES string of the molecule is O=C1C(C(=O)C(F)(C(F)(F)F)C(F)(F)F)=C(O)c2cc(F)c(F)cc21. The van der Waals surface area contributed by atoms with Crippen LogP contribution in [0.4, 0.5) is 39.5 Å².